The Hall–Kier alpha value is -2.06. The maximum Gasteiger partial charge on any atom is 0.348 e. The van der Waals surface area contributed by atoms with Crippen molar-refractivity contribution < 1.29 is 18.7 Å². The van der Waals surface area contributed by atoms with E-state index in [0.717, 1.165) is 0 Å². The van der Waals surface area contributed by atoms with Gasteiger partial charge in [-0.2, -0.15) is 0 Å². The number of carbonyl (C=O) groups is 1. The molecule has 1 aromatic carbocycles. The van der Waals surface area contributed by atoms with Crippen LogP contribution in [0, 0.1) is 12.7 Å². The van der Waals surface area contributed by atoms with Crippen molar-refractivity contribution in [3.63, 3.8) is 0 Å². The van der Waals surface area contributed by atoms with Crippen molar-refractivity contribution in [1.82, 2.24) is 9.97 Å². The largest absolute Gasteiger partial charge is 0.462 e. The molecule has 0 unspecified atom stereocenters. The number of rotatable bonds is 4. The summed E-state index contributed by atoms with van der Waals surface area (Å²) in [6.07, 6.45) is 1.36. The van der Waals surface area contributed by atoms with Gasteiger partial charge < -0.3 is 9.47 Å². The standard InChI is InChI=1S/C16H12BrFN2O3S/c1-3-22-16(21)13-8(2)12-14(19-7-20-15(12)24-13)23-11-5-4-9(18)6-10(11)17/h4-7H,3H2,1-2H3. The number of thiophene rings is 1. The molecule has 5 nitrogen and oxygen atoms in total. The average Bonchev–Trinajstić information content (AvgIpc) is 2.88. The van der Waals surface area contributed by atoms with Crippen LogP contribution in [0.15, 0.2) is 29.0 Å². The number of aryl methyl sites for hydroxylation is 1. The summed E-state index contributed by atoms with van der Waals surface area (Å²) in [5.41, 5.74) is 0.697. The van der Waals surface area contributed by atoms with Crippen molar-refractivity contribution in [2.75, 3.05) is 6.61 Å². The molecule has 0 atom stereocenters. The molecule has 0 saturated heterocycles. The number of carbonyl (C=O) groups excluding carboxylic acids is 1. The molecule has 0 aliphatic rings. The number of benzene rings is 1. The number of hydrogen-bond acceptors (Lipinski definition) is 6. The zero-order valence-electron chi connectivity index (χ0n) is 12.8. The van der Waals surface area contributed by atoms with E-state index >= 15 is 0 Å². The van der Waals surface area contributed by atoms with Gasteiger partial charge in [-0.1, -0.05) is 0 Å². The highest BCUT2D eigenvalue weighted by Crippen LogP contribution is 2.38. The Morgan fingerprint density at radius 2 is 2.17 bits per heavy atom. The van der Waals surface area contributed by atoms with Gasteiger partial charge in [0, 0.05) is 0 Å². The van der Waals surface area contributed by atoms with Crippen LogP contribution in [-0.2, 0) is 4.74 Å². The highest BCUT2D eigenvalue weighted by atomic mass is 79.9. The SMILES string of the molecule is CCOC(=O)c1sc2ncnc(Oc3ccc(F)cc3Br)c2c1C. The zero-order valence-corrected chi connectivity index (χ0v) is 15.2. The molecule has 3 aromatic rings. The van der Waals surface area contributed by atoms with Crippen LogP contribution < -0.4 is 4.74 Å². The van der Waals surface area contributed by atoms with Crippen LogP contribution in [0.4, 0.5) is 4.39 Å². The molecule has 0 saturated carbocycles. The zero-order chi connectivity index (χ0) is 17.3. The minimum absolute atomic E-state index is 0.296. The van der Waals surface area contributed by atoms with Crippen molar-refractivity contribution in [2.45, 2.75) is 13.8 Å². The smallest absolute Gasteiger partial charge is 0.348 e. The van der Waals surface area contributed by atoms with Crippen molar-refractivity contribution in [3.05, 3.63) is 45.3 Å². The Bertz CT molecular complexity index is 929. The van der Waals surface area contributed by atoms with Gasteiger partial charge in [-0.25, -0.2) is 19.2 Å². The number of hydrogen-bond donors (Lipinski definition) is 0. The average molecular weight is 411 g/mol. The maximum absolute atomic E-state index is 13.2. The molecular formula is C16H12BrFN2O3S. The molecule has 0 bridgehead atoms. The molecule has 124 valence electrons. The topological polar surface area (TPSA) is 61.3 Å². The van der Waals surface area contributed by atoms with E-state index in [2.05, 4.69) is 25.9 Å². The normalized spacial score (nSPS) is 10.8. The molecule has 24 heavy (non-hydrogen) atoms. The molecule has 0 fully saturated rings. The highest BCUT2D eigenvalue weighted by Gasteiger charge is 2.21. The first-order chi connectivity index (χ1) is 11.5. The highest BCUT2D eigenvalue weighted by molar-refractivity contribution is 9.10. The number of halogens is 2. The molecule has 0 radical (unpaired) electrons. The first-order valence-corrected chi connectivity index (χ1v) is 8.66. The summed E-state index contributed by atoms with van der Waals surface area (Å²) in [6.45, 7) is 3.84. The van der Waals surface area contributed by atoms with Gasteiger partial charge in [-0.05, 0) is 53.5 Å². The summed E-state index contributed by atoms with van der Waals surface area (Å²) in [5.74, 6) is -0.0541. The van der Waals surface area contributed by atoms with Gasteiger partial charge >= 0.3 is 5.97 Å². The maximum atomic E-state index is 13.2. The molecule has 0 aliphatic heterocycles. The van der Waals surface area contributed by atoms with E-state index < -0.39 is 5.97 Å². The van der Waals surface area contributed by atoms with Crippen molar-refractivity contribution in [2.24, 2.45) is 0 Å². The predicted molar refractivity (Wildman–Crippen MR) is 92.3 cm³/mol. The monoisotopic (exact) mass is 410 g/mol. The fourth-order valence-corrected chi connectivity index (χ4v) is 3.64. The summed E-state index contributed by atoms with van der Waals surface area (Å²) in [5, 5.41) is 0.641. The minimum atomic E-state index is -0.396. The van der Waals surface area contributed by atoms with Gasteiger partial charge in [0.05, 0.1) is 16.5 Å². The van der Waals surface area contributed by atoms with Crippen LogP contribution >= 0.6 is 27.3 Å². The Morgan fingerprint density at radius 3 is 2.88 bits per heavy atom. The first kappa shape index (κ1) is 16.8. The van der Waals surface area contributed by atoms with Gasteiger partial charge in [0.2, 0.25) is 5.88 Å². The second-order valence-electron chi connectivity index (χ2n) is 4.81. The van der Waals surface area contributed by atoms with E-state index in [9.17, 15) is 9.18 Å². The molecule has 0 N–H and O–H groups in total. The van der Waals surface area contributed by atoms with E-state index in [4.69, 9.17) is 9.47 Å². The number of ether oxygens (including phenoxy) is 2. The molecule has 0 spiro atoms. The summed E-state index contributed by atoms with van der Waals surface area (Å²) < 4.78 is 24.5. The summed E-state index contributed by atoms with van der Waals surface area (Å²) in [6, 6.07) is 4.10. The summed E-state index contributed by atoms with van der Waals surface area (Å²) in [7, 11) is 0. The molecule has 0 aliphatic carbocycles. The van der Waals surface area contributed by atoms with Crippen molar-refractivity contribution >= 4 is 43.5 Å². The number of nitrogens with zero attached hydrogens (tertiary/aromatic N) is 2. The molecule has 0 amide bonds. The van der Waals surface area contributed by atoms with Gasteiger partial charge in [0.15, 0.2) is 0 Å². The van der Waals surface area contributed by atoms with Crippen LogP contribution in [0.1, 0.15) is 22.2 Å². The van der Waals surface area contributed by atoms with Crippen LogP contribution in [0.2, 0.25) is 0 Å². The van der Waals surface area contributed by atoms with Crippen molar-refractivity contribution in [3.8, 4) is 11.6 Å². The second kappa shape index (κ2) is 6.82. The minimum Gasteiger partial charge on any atom is -0.462 e. The Labute approximate surface area is 149 Å². The van der Waals surface area contributed by atoms with Gasteiger partial charge in [0.1, 0.15) is 27.6 Å². The van der Waals surface area contributed by atoms with E-state index in [1.165, 1.54) is 35.9 Å². The van der Waals surface area contributed by atoms with E-state index in [1.54, 1.807) is 13.8 Å². The number of aromatic nitrogens is 2. The molecular weight excluding hydrogens is 399 g/mol. The van der Waals surface area contributed by atoms with Gasteiger partial charge in [-0.15, -0.1) is 11.3 Å². The van der Waals surface area contributed by atoms with Crippen LogP contribution in [0.3, 0.4) is 0 Å². The van der Waals surface area contributed by atoms with Crippen LogP contribution in [0.25, 0.3) is 10.2 Å². The third kappa shape index (κ3) is 3.11. The molecule has 2 heterocycles. The summed E-state index contributed by atoms with van der Waals surface area (Å²) in [4.78, 5) is 21.5. The van der Waals surface area contributed by atoms with Gasteiger partial charge in [0.25, 0.3) is 0 Å². The van der Waals surface area contributed by atoms with E-state index in [1.807, 2.05) is 0 Å². The lowest BCUT2D eigenvalue weighted by molar-refractivity contribution is 0.0531. The third-order valence-electron chi connectivity index (χ3n) is 3.25. The lowest BCUT2D eigenvalue weighted by atomic mass is 10.2. The molecule has 3 rings (SSSR count). The second-order valence-corrected chi connectivity index (χ2v) is 6.67. The lowest BCUT2D eigenvalue weighted by Gasteiger charge is -2.08. The Balaban J connectivity index is 2.07. The van der Waals surface area contributed by atoms with Gasteiger partial charge in [-0.3, -0.25) is 0 Å². The number of esters is 1. The Kier molecular flexibility index (Phi) is 4.77. The van der Waals surface area contributed by atoms with E-state index in [-0.39, 0.29) is 5.82 Å². The van der Waals surface area contributed by atoms with Crippen molar-refractivity contribution in [1.29, 1.82) is 0 Å². The fraction of sp³-hybridized carbons (Fsp3) is 0.188. The first-order valence-electron chi connectivity index (χ1n) is 7.05. The number of fused-ring (bicyclic) bond motifs is 1. The molecule has 2 aromatic heterocycles. The fourth-order valence-electron chi connectivity index (χ4n) is 2.17. The van der Waals surface area contributed by atoms with Crippen LogP contribution in [-0.4, -0.2) is 22.5 Å². The lowest BCUT2D eigenvalue weighted by Crippen LogP contribution is -2.03. The predicted octanol–water partition coefficient (Wildman–Crippen LogP) is 4.87. The quantitative estimate of drug-likeness (QED) is 0.574. The van der Waals surface area contributed by atoms with Crippen LogP contribution in [0.5, 0.6) is 11.6 Å². The Morgan fingerprint density at radius 1 is 1.38 bits per heavy atom. The summed E-state index contributed by atoms with van der Waals surface area (Å²) >= 11 is 4.48. The third-order valence-corrected chi connectivity index (χ3v) is 5.05. The molecule has 8 heteroatoms. The van der Waals surface area contributed by atoms with E-state index in [0.29, 0.717) is 43.4 Å².